The minimum absolute atomic E-state index is 0.0435. The molecule has 0 fully saturated rings. The fourth-order valence-electron chi connectivity index (χ4n) is 1.06. The molecule has 1 rings (SSSR count). The molecule has 106 valence electrons. The zero-order valence-corrected chi connectivity index (χ0v) is 12.5. The predicted octanol–water partition coefficient (Wildman–Crippen LogP) is 1.01. The molecule has 0 aromatic heterocycles. The van der Waals surface area contributed by atoms with Crippen LogP contribution in [0.2, 0.25) is 0 Å². The zero-order chi connectivity index (χ0) is 14.3. The summed E-state index contributed by atoms with van der Waals surface area (Å²) in [6.07, 6.45) is -1.12. The third-order valence-corrected chi connectivity index (χ3v) is 4.12. The number of ether oxygens (including phenoxy) is 1. The van der Waals surface area contributed by atoms with Crippen LogP contribution in [-0.4, -0.2) is 34.8 Å². The maximum Gasteiger partial charge on any atom is 0.528 e. The molecule has 1 aromatic rings. The van der Waals surface area contributed by atoms with E-state index in [9.17, 15) is 13.2 Å². The summed E-state index contributed by atoms with van der Waals surface area (Å²) in [5, 5.41) is 2.75. The number of nitrogens with one attached hydrogen (secondary N) is 2. The SMILES string of the molecule is CNCCOC(=O)ONS(=O)(=O)c1ccccc1Br. The summed E-state index contributed by atoms with van der Waals surface area (Å²) >= 11 is 3.09. The van der Waals surface area contributed by atoms with Gasteiger partial charge >= 0.3 is 6.16 Å². The summed E-state index contributed by atoms with van der Waals surface area (Å²) in [5.74, 6) is 0. The van der Waals surface area contributed by atoms with E-state index in [1.807, 2.05) is 0 Å². The molecule has 0 heterocycles. The highest BCUT2D eigenvalue weighted by atomic mass is 79.9. The standard InChI is InChI=1S/C10H13BrN2O5S/c1-12-6-7-17-10(14)18-13-19(15,16)9-5-3-2-4-8(9)11/h2-5,12-13H,6-7H2,1H3. The molecule has 0 radical (unpaired) electrons. The minimum Gasteiger partial charge on any atom is -0.432 e. The molecule has 0 amide bonds. The van der Waals surface area contributed by atoms with Crippen LogP contribution in [0.25, 0.3) is 0 Å². The van der Waals surface area contributed by atoms with E-state index in [-0.39, 0.29) is 11.5 Å². The quantitative estimate of drug-likeness (QED) is 0.451. The Labute approximate surface area is 119 Å². The number of sulfonamides is 1. The zero-order valence-electron chi connectivity index (χ0n) is 10.1. The topological polar surface area (TPSA) is 93.7 Å². The molecular weight excluding hydrogens is 340 g/mol. The van der Waals surface area contributed by atoms with Gasteiger partial charge in [-0.3, -0.25) is 0 Å². The molecule has 0 aliphatic rings. The van der Waals surface area contributed by atoms with Crippen molar-refractivity contribution < 1.29 is 22.8 Å². The molecule has 0 aliphatic heterocycles. The van der Waals surface area contributed by atoms with Crippen LogP contribution in [0, 0.1) is 0 Å². The van der Waals surface area contributed by atoms with E-state index in [2.05, 4.69) is 30.8 Å². The highest BCUT2D eigenvalue weighted by molar-refractivity contribution is 9.10. The number of hydrogen-bond donors (Lipinski definition) is 2. The van der Waals surface area contributed by atoms with Crippen molar-refractivity contribution in [1.29, 1.82) is 0 Å². The van der Waals surface area contributed by atoms with Gasteiger partial charge in [0.1, 0.15) is 6.61 Å². The van der Waals surface area contributed by atoms with Gasteiger partial charge in [-0.25, -0.2) is 13.2 Å². The van der Waals surface area contributed by atoms with Gasteiger partial charge in [-0.1, -0.05) is 12.1 Å². The first-order valence-electron chi connectivity index (χ1n) is 5.22. The Morgan fingerprint density at radius 1 is 1.37 bits per heavy atom. The fraction of sp³-hybridized carbons (Fsp3) is 0.300. The molecule has 9 heteroatoms. The van der Waals surface area contributed by atoms with E-state index in [4.69, 9.17) is 0 Å². The summed E-state index contributed by atoms with van der Waals surface area (Å²) in [5.41, 5.74) is 0. The Morgan fingerprint density at radius 2 is 2.05 bits per heavy atom. The smallest absolute Gasteiger partial charge is 0.432 e. The van der Waals surface area contributed by atoms with Crippen molar-refractivity contribution in [2.24, 2.45) is 0 Å². The van der Waals surface area contributed by atoms with Gasteiger partial charge in [-0.05, 0) is 40.0 Å². The fourth-order valence-corrected chi connectivity index (χ4v) is 2.84. The van der Waals surface area contributed by atoms with Crippen molar-refractivity contribution >= 4 is 32.1 Å². The van der Waals surface area contributed by atoms with Gasteiger partial charge < -0.3 is 14.9 Å². The van der Waals surface area contributed by atoms with Crippen molar-refractivity contribution in [2.45, 2.75) is 4.90 Å². The first-order chi connectivity index (χ1) is 8.97. The third kappa shape index (κ3) is 5.15. The van der Waals surface area contributed by atoms with Crippen molar-refractivity contribution in [3.8, 4) is 0 Å². The molecule has 19 heavy (non-hydrogen) atoms. The van der Waals surface area contributed by atoms with E-state index in [1.165, 1.54) is 6.07 Å². The van der Waals surface area contributed by atoms with Gasteiger partial charge in [0.2, 0.25) is 0 Å². The number of hydrogen-bond acceptors (Lipinski definition) is 6. The third-order valence-electron chi connectivity index (χ3n) is 1.93. The average molecular weight is 353 g/mol. The van der Waals surface area contributed by atoms with Crippen molar-refractivity contribution in [2.75, 3.05) is 20.2 Å². The second-order valence-corrected chi connectivity index (χ2v) is 5.79. The molecule has 0 unspecified atom stereocenters. The molecule has 0 aliphatic carbocycles. The van der Waals surface area contributed by atoms with Crippen molar-refractivity contribution in [3.63, 3.8) is 0 Å². The largest absolute Gasteiger partial charge is 0.528 e. The second-order valence-electron chi connectivity index (χ2n) is 3.32. The highest BCUT2D eigenvalue weighted by Crippen LogP contribution is 2.20. The number of carbonyl (C=O) groups is 1. The molecule has 0 atom stereocenters. The highest BCUT2D eigenvalue weighted by Gasteiger charge is 2.19. The molecule has 0 saturated carbocycles. The molecule has 0 bridgehead atoms. The number of likely N-dealkylation sites (N-methyl/N-ethyl adjacent to an activating group) is 1. The maximum absolute atomic E-state index is 11.8. The second kappa shape index (κ2) is 7.43. The van der Waals surface area contributed by atoms with Crippen LogP contribution >= 0.6 is 15.9 Å². The van der Waals surface area contributed by atoms with Crippen LogP contribution in [0.1, 0.15) is 0 Å². The van der Waals surface area contributed by atoms with Crippen molar-refractivity contribution in [1.82, 2.24) is 10.2 Å². The molecule has 0 saturated heterocycles. The Morgan fingerprint density at radius 3 is 2.68 bits per heavy atom. The summed E-state index contributed by atoms with van der Waals surface area (Å²) in [4.78, 5) is 17.0. The van der Waals surface area contributed by atoms with Crippen LogP contribution in [-0.2, 0) is 19.6 Å². The first-order valence-corrected chi connectivity index (χ1v) is 7.49. The number of carbonyl (C=O) groups excluding carboxylic acids is 1. The first kappa shape index (κ1) is 15.9. The van der Waals surface area contributed by atoms with Crippen LogP contribution in [0.3, 0.4) is 0 Å². The van der Waals surface area contributed by atoms with E-state index in [0.717, 1.165) is 0 Å². The van der Waals surface area contributed by atoms with Crippen LogP contribution in [0.4, 0.5) is 4.79 Å². The number of rotatable bonds is 6. The molecule has 7 nitrogen and oxygen atoms in total. The number of benzene rings is 1. The summed E-state index contributed by atoms with van der Waals surface area (Å²) < 4.78 is 28.5. The molecule has 1 aromatic carbocycles. The lowest BCUT2D eigenvalue weighted by Gasteiger charge is -2.08. The molecule has 0 spiro atoms. The Balaban J connectivity index is 2.57. The van der Waals surface area contributed by atoms with Crippen LogP contribution in [0.5, 0.6) is 0 Å². The van der Waals surface area contributed by atoms with E-state index >= 15 is 0 Å². The average Bonchev–Trinajstić information content (AvgIpc) is 2.37. The lowest BCUT2D eigenvalue weighted by molar-refractivity contribution is 0.0403. The number of halogens is 1. The van der Waals surface area contributed by atoms with E-state index < -0.39 is 16.2 Å². The lowest BCUT2D eigenvalue weighted by Crippen LogP contribution is -2.29. The normalized spacial score (nSPS) is 11.1. The molecular formula is C10H13BrN2O5S. The van der Waals surface area contributed by atoms with Gasteiger partial charge in [0.15, 0.2) is 0 Å². The van der Waals surface area contributed by atoms with Crippen LogP contribution < -0.4 is 10.2 Å². The summed E-state index contributed by atoms with van der Waals surface area (Å²) in [7, 11) is -2.27. The summed E-state index contributed by atoms with van der Waals surface area (Å²) in [6.45, 7) is 0.512. The molecule has 2 N–H and O–H groups in total. The maximum atomic E-state index is 11.8. The predicted molar refractivity (Wildman–Crippen MR) is 70.8 cm³/mol. The van der Waals surface area contributed by atoms with Gasteiger partial charge in [-0.2, -0.15) is 0 Å². The Kier molecular flexibility index (Phi) is 6.22. The van der Waals surface area contributed by atoms with Gasteiger partial charge in [0.05, 0.1) is 4.90 Å². The van der Waals surface area contributed by atoms with Gasteiger partial charge in [0, 0.05) is 11.0 Å². The lowest BCUT2D eigenvalue weighted by atomic mass is 10.4. The van der Waals surface area contributed by atoms with Gasteiger partial charge in [-0.15, -0.1) is 0 Å². The van der Waals surface area contributed by atoms with E-state index in [0.29, 0.717) is 11.0 Å². The Bertz CT molecular complexity index is 534. The summed E-state index contributed by atoms with van der Waals surface area (Å²) in [6, 6.07) is 6.13. The Hall–Kier alpha value is -1.16. The minimum atomic E-state index is -3.95. The monoisotopic (exact) mass is 352 g/mol. The van der Waals surface area contributed by atoms with Crippen molar-refractivity contribution in [3.05, 3.63) is 28.7 Å². The van der Waals surface area contributed by atoms with Gasteiger partial charge in [0.25, 0.3) is 10.0 Å². The van der Waals surface area contributed by atoms with E-state index in [1.54, 1.807) is 30.1 Å². The van der Waals surface area contributed by atoms with Crippen LogP contribution in [0.15, 0.2) is 33.6 Å².